The molecule has 0 spiro atoms. The summed E-state index contributed by atoms with van der Waals surface area (Å²) >= 11 is 0. The van der Waals surface area contributed by atoms with E-state index in [1.54, 1.807) is 0 Å². The van der Waals surface area contributed by atoms with Crippen LogP contribution >= 0.6 is 0 Å². The molecule has 2 aliphatic rings. The van der Waals surface area contributed by atoms with E-state index in [9.17, 15) is 0 Å². The summed E-state index contributed by atoms with van der Waals surface area (Å²) in [6.07, 6.45) is 6.55. The second-order valence-electron chi connectivity index (χ2n) is 7.78. The summed E-state index contributed by atoms with van der Waals surface area (Å²) in [5.41, 5.74) is 14.4. The predicted octanol–water partition coefficient (Wildman–Crippen LogP) is 6.29. The molecule has 0 saturated carbocycles. The molecule has 2 aromatic carbocycles. The van der Waals surface area contributed by atoms with E-state index < -0.39 is 0 Å². The Labute approximate surface area is 162 Å². The average Bonchev–Trinajstić information content (AvgIpc) is 2.68. The highest BCUT2D eigenvalue weighted by Gasteiger charge is 2.34. The molecular weight excluding hydrogens is 330 g/mol. The first-order valence-corrected chi connectivity index (χ1v) is 9.79. The lowest BCUT2D eigenvalue weighted by molar-refractivity contribution is 0.396. The molecule has 2 N–H and O–H groups in total. The van der Waals surface area contributed by atoms with E-state index in [4.69, 9.17) is 10.5 Å². The molecule has 0 aromatic heterocycles. The van der Waals surface area contributed by atoms with Crippen LogP contribution < -0.4 is 10.5 Å². The Kier molecular flexibility index (Phi) is 4.22. The molecule has 2 heteroatoms. The second kappa shape index (κ2) is 6.45. The highest BCUT2D eigenvalue weighted by molar-refractivity contribution is 5.95. The van der Waals surface area contributed by atoms with Crippen LogP contribution in [0.1, 0.15) is 50.8 Å². The van der Waals surface area contributed by atoms with Crippen molar-refractivity contribution in [3.8, 4) is 5.75 Å². The van der Waals surface area contributed by atoms with Crippen LogP contribution in [-0.4, -0.2) is 0 Å². The van der Waals surface area contributed by atoms with Crippen molar-refractivity contribution in [2.45, 2.75) is 40.5 Å². The van der Waals surface area contributed by atoms with Gasteiger partial charge in [-0.15, -0.1) is 0 Å². The number of hydrogen-bond donors (Lipinski definition) is 1. The van der Waals surface area contributed by atoms with Crippen LogP contribution in [0.5, 0.6) is 5.75 Å². The molecular formula is C25H27NO. The smallest absolute Gasteiger partial charge is 0.137 e. The Morgan fingerprint density at radius 3 is 2.48 bits per heavy atom. The van der Waals surface area contributed by atoms with Gasteiger partial charge in [-0.25, -0.2) is 0 Å². The molecule has 1 aliphatic heterocycles. The van der Waals surface area contributed by atoms with Gasteiger partial charge in [0.2, 0.25) is 0 Å². The number of nitrogens with two attached hydrogens (primary N) is 1. The third kappa shape index (κ3) is 2.80. The second-order valence-corrected chi connectivity index (χ2v) is 7.78. The molecule has 1 aliphatic carbocycles. The molecule has 2 nitrogen and oxygen atoms in total. The lowest BCUT2D eigenvalue weighted by Gasteiger charge is -2.35. The fourth-order valence-electron chi connectivity index (χ4n) is 4.00. The van der Waals surface area contributed by atoms with Crippen LogP contribution in [0.4, 0.5) is 5.69 Å². The molecule has 0 radical (unpaired) electrons. The van der Waals surface area contributed by atoms with Crippen molar-refractivity contribution >= 4 is 11.3 Å². The van der Waals surface area contributed by atoms with E-state index in [-0.39, 0.29) is 5.41 Å². The van der Waals surface area contributed by atoms with Gasteiger partial charge in [0.15, 0.2) is 0 Å². The summed E-state index contributed by atoms with van der Waals surface area (Å²) in [6.45, 7) is 8.86. The highest BCUT2D eigenvalue weighted by Crippen LogP contribution is 2.49. The molecule has 0 saturated heterocycles. The van der Waals surface area contributed by atoms with E-state index >= 15 is 0 Å². The molecule has 27 heavy (non-hydrogen) atoms. The normalized spacial score (nSPS) is 21.0. The van der Waals surface area contributed by atoms with Crippen LogP contribution in [0.25, 0.3) is 5.57 Å². The number of nitrogen functional groups attached to an aromatic ring is 1. The summed E-state index contributed by atoms with van der Waals surface area (Å²) in [5, 5.41) is 0. The van der Waals surface area contributed by atoms with Crippen molar-refractivity contribution in [2.75, 3.05) is 5.73 Å². The largest absolute Gasteiger partial charge is 0.456 e. The summed E-state index contributed by atoms with van der Waals surface area (Å²) < 4.78 is 6.44. The topological polar surface area (TPSA) is 35.2 Å². The van der Waals surface area contributed by atoms with Gasteiger partial charge in [-0.1, -0.05) is 62.8 Å². The van der Waals surface area contributed by atoms with Crippen molar-refractivity contribution < 1.29 is 4.74 Å². The molecule has 0 fully saturated rings. The number of hydrogen-bond acceptors (Lipinski definition) is 2. The van der Waals surface area contributed by atoms with E-state index in [1.165, 1.54) is 22.3 Å². The molecule has 138 valence electrons. The van der Waals surface area contributed by atoms with Gasteiger partial charge in [0, 0.05) is 27.8 Å². The van der Waals surface area contributed by atoms with Crippen LogP contribution in [0.3, 0.4) is 0 Å². The Balaban J connectivity index is 2.05. The zero-order valence-corrected chi connectivity index (χ0v) is 16.6. The number of ether oxygens (including phenoxy) is 1. The quantitative estimate of drug-likeness (QED) is 0.656. The summed E-state index contributed by atoms with van der Waals surface area (Å²) in [4.78, 5) is 0. The minimum Gasteiger partial charge on any atom is -0.456 e. The highest BCUT2D eigenvalue weighted by atomic mass is 16.5. The number of fused-ring (bicyclic) bond motifs is 2. The van der Waals surface area contributed by atoms with Gasteiger partial charge >= 0.3 is 0 Å². The first kappa shape index (κ1) is 17.7. The first-order chi connectivity index (χ1) is 13.0. The van der Waals surface area contributed by atoms with Gasteiger partial charge in [-0.3, -0.25) is 0 Å². The third-order valence-corrected chi connectivity index (χ3v) is 6.11. The van der Waals surface area contributed by atoms with Crippen LogP contribution in [0.2, 0.25) is 0 Å². The maximum atomic E-state index is 6.53. The van der Waals surface area contributed by atoms with Crippen molar-refractivity contribution in [2.24, 2.45) is 5.41 Å². The van der Waals surface area contributed by atoms with Gasteiger partial charge in [-0.05, 0) is 49.1 Å². The Morgan fingerprint density at radius 2 is 1.81 bits per heavy atom. The Hall–Kier alpha value is -2.74. The maximum absolute atomic E-state index is 6.53. The zero-order valence-electron chi connectivity index (χ0n) is 16.6. The average molecular weight is 357 g/mol. The molecule has 2 aromatic rings. The van der Waals surface area contributed by atoms with Crippen molar-refractivity contribution in [3.05, 3.63) is 88.2 Å². The fraction of sp³-hybridized carbons (Fsp3) is 0.280. The first-order valence-electron chi connectivity index (χ1n) is 9.79. The van der Waals surface area contributed by atoms with Gasteiger partial charge in [0.05, 0.1) is 0 Å². The molecule has 4 rings (SSSR count). The van der Waals surface area contributed by atoms with E-state index in [0.29, 0.717) is 0 Å². The molecule has 0 bridgehead atoms. The number of rotatable bonds is 3. The van der Waals surface area contributed by atoms with Crippen LogP contribution in [-0.2, 0) is 6.42 Å². The molecule has 0 amide bonds. The Bertz CT molecular complexity index is 994. The Morgan fingerprint density at radius 1 is 1.07 bits per heavy atom. The fourth-order valence-corrected chi connectivity index (χ4v) is 4.00. The number of anilines is 1. The SMILES string of the molecule is CCc1cc(N)c2c(c1)OC1=CC(C)(CC)C(C)=CC1=C2c1ccccc1. The van der Waals surface area contributed by atoms with Gasteiger partial charge < -0.3 is 10.5 Å². The molecule has 1 heterocycles. The number of aryl methyl sites for hydroxylation is 1. The molecule has 1 atom stereocenters. The monoisotopic (exact) mass is 357 g/mol. The lowest BCUT2D eigenvalue weighted by Crippen LogP contribution is -2.23. The zero-order chi connectivity index (χ0) is 19.2. The van der Waals surface area contributed by atoms with Gasteiger partial charge in [0.25, 0.3) is 0 Å². The van der Waals surface area contributed by atoms with Crippen LogP contribution in [0, 0.1) is 5.41 Å². The number of benzene rings is 2. The van der Waals surface area contributed by atoms with E-state index in [2.05, 4.69) is 76.2 Å². The van der Waals surface area contributed by atoms with Crippen molar-refractivity contribution in [3.63, 3.8) is 0 Å². The van der Waals surface area contributed by atoms with Crippen molar-refractivity contribution in [1.82, 2.24) is 0 Å². The van der Waals surface area contributed by atoms with Gasteiger partial charge in [-0.2, -0.15) is 0 Å². The molecule has 1 unspecified atom stereocenters. The van der Waals surface area contributed by atoms with Crippen molar-refractivity contribution in [1.29, 1.82) is 0 Å². The number of allylic oxidation sites excluding steroid dienone is 3. The summed E-state index contributed by atoms with van der Waals surface area (Å²) in [5.74, 6) is 1.82. The minimum absolute atomic E-state index is 0.0199. The van der Waals surface area contributed by atoms with E-state index in [1.807, 2.05) is 6.07 Å². The minimum atomic E-state index is 0.0199. The summed E-state index contributed by atoms with van der Waals surface area (Å²) in [7, 11) is 0. The van der Waals surface area contributed by atoms with Gasteiger partial charge in [0.1, 0.15) is 11.5 Å². The predicted molar refractivity (Wildman–Crippen MR) is 114 cm³/mol. The standard InChI is InChI=1S/C25H27NO/c1-5-17-13-20(26)24-21(14-17)27-22-15-25(4,6-2)16(3)12-19(22)23(24)18-10-8-7-9-11-18/h7-15H,5-6,26H2,1-4H3. The maximum Gasteiger partial charge on any atom is 0.137 e. The lowest BCUT2D eigenvalue weighted by atomic mass is 9.73. The third-order valence-electron chi connectivity index (χ3n) is 6.11. The van der Waals surface area contributed by atoms with E-state index in [0.717, 1.165) is 41.2 Å². The summed E-state index contributed by atoms with van der Waals surface area (Å²) in [6, 6.07) is 14.7. The van der Waals surface area contributed by atoms with Crippen LogP contribution in [0.15, 0.2) is 71.5 Å².